The highest BCUT2D eigenvalue weighted by Gasteiger charge is 2.30. The number of nitrogens with zero attached hydrogens (tertiary/aromatic N) is 1. The van der Waals surface area contributed by atoms with Crippen molar-refractivity contribution in [1.29, 1.82) is 5.26 Å². The SMILES string of the molecule is Cc1ccccc1NC(=O)C(=O)[C@@H](C#N)c1c(Cl)cccc1Cl. The lowest BCUT2D eigenvalue weighted by Crippen LogP contribution is -2.28. The van der Waals surface area contributed by atoms with Gasteiger partial charge in [-0.3, -0.25) is 9.59 Å². The molecule has 2 aromatic carbocycles. The Morgan fingerprint density at radius 2 is 1.70 bits per heavy atom. The minimum atomic E-state index is -1.36. The predicted octanol–water partition coefficient (Wildman–Crippen LogP) is 4.12. The van der Waals surface area contributed by atoms with Gasteiger partial charge in [0.05, 0.1) is 6.07 Å². The number of amides is 1. The van der Waals surface area contributed by atoms with E-state index in [4.69, 9.17) is 23.2 Å². The Morgan fingerprint density at radius 1 is 1.09 bits per heavy atom. The number of carbonyl (C=O) groups is 2. The molecule has 0 aliphatic rings. The van der Waals surface area contributed by atoms with E-state index in [9.17, 15) is 14.9 Å². The quantitative estimate of drug-likeness (QED) is 0.846. The Bertz CT molecular complexity index is 792. The second kappa shape index (κ2) is 7.28. The average molecular weight is 347 g/mol. The van der Waals surface area contributed by atoms with Gasteiger partial charge in [-0.25, -0.2) is 0 Å². The fraction of sp³-hybridized carbons (Fsp3) is 0.118. The lowest BCUT2D eigenvalue weighted by molar-refractivity contribution is -0.135. The van der Waals surface area contributed by atoms with Gasteiger partial charge in [0.1, 0.15) is 5.92 Å². The number of aryl methyl sites for hydroxylation is 1. The molecular formula is C17H12Cl2N2O2. The second-order valence-corrected chi connectivity index (χ2v) is 5.65. The lowest BCUT2D eigenvalue weighted by atomic mass is 9.95. The summed E-state index contributed by atoms with van der Waals surface area (Å²) in [7, 11) is 0. The first-order valence-corrected chi connectivity index (χ1v) is 7.45. The summed E-state index contributed by atoms with van der Waals surface area (Å²) in [4.78, 5) is 24.5. The zero-order chi connectivity index (χ0) is 17.0. The number of Topliss-reactive ketones (excluding diaryl/α,β-unsaturated/α-hetero) is 1. The highest BCUT2D eigenvalue weighted by Crippen LogP contribution is 2.32. The van der Waals surface area contributed by atoms with Gasteiger partial charge in [0, 0.05) is 21.3 Å². The van der Waals surface area contributed by atoms with Crippen LogP contribution in [0.4, 0.5) is 5.69 Å². The Labute approximate surface area is 143 Å². The van der Waals surface area contributed by atoms with Crippen LogP contribution in [-0.4, -0.2) is 11.7 Å². The summed E-state index contributed by atoms with van der Waals surface area (Å²) in [5, 5.41) is 12.1. The number of rotatable bonds is 4. The molecule has 116 valence electrons. The van der Waals surface area contributed by atoms with Crippen LogP contribution in [0.25, 0.3) is 0 Å². The molecule has 4 nitrogen and oxygen atoms in total. The van der Waals surface area contributed by atoms with Gasteiger partial charge in [-0.05, 0) is 30.7 Å². The molecule has 0 aliphatic carbocycles. The molecule has 1 amide bonds. The highest BCUT2D eigenvalue weighted by atomic mass is 35.5. The van der Waals surface area contributed by atoms with E-state index in [1.54, 1.807) is 37.3 Å². The number of nitrogens with one attached hydrogen (secondary N) is 1. The maximum Gasteiger partial charge on any atom is 0.293 e. The second-order valence-electron chi connectivity index (χ2n) is 4.83. The molecule has 1 N–H and O–H groups in total. The fourth-order valence-electron chi connectivity index (χ4n) is 2.07. The minimum absolute atomic E-state index is 0.142. The van der Waals surface area contributed by atoms with Crippen molar-refractivity contribution in [2.24, 2.45) is 0 Å². The summed E-state index contributed by atoms with van der Waals surface area (Å²) < 4.78 is 0. The van der Waals surface area contributed by atoms with Crippen LogP contribution in [0, 0.1) is 18.3 Å². The van der Waals surface area contributed by atoms with Crippen LogP contribution in [0.1, 0.15) is 17.0 Å². The molecule has 0 aliphatic heterocycles. The van der Waals surface area contributed by atoms with Crippen LogP contribution in [0.15, 0.2) is 42.5 Å². The number of benzene rings is 2. The number of anilines is 1. The fourth-order valence-corrected chi connectivity index (χ4v) is 2.68. The van der Waals surface area contributed by atoms with E-state index in [0.29, 0.717) is 5.69 Å². The topological polar surface area (TPSA) is 70.0 Å². The van der Waals surface area contributed by atoms with Crippen LogP contribution in [0.2, 0.25) is 10.0 Å². The molecule has 23 heavy (non-hydrogen) atoms. The largest absolute Gasteiger partial charge is 0.319 e. The summed E-state index contributed by atoms with van der Waals surface area (Å²) in [6.45, 7) is 1.80. The van der Waals surface area contributed by atoms with Crippen LogP contribution in [0.5, 0.6) is 0 Å². The first-order chi connectivity index (χ1) is 11.0. The first-order valence-electron chi connectivity index (χ1n) is 6.70. The van der Waals surface area contributed by atoms with E-state index in [2.05, 4.69) is 5.32 Å². The molecule has 0 heterocycles. The highest BCUT2D eigenvalue weighted by molar-refractivity contribution is 6.44. The zero-order valence-electron chi connectivity index (χ0n) is 12.1. The summed E-state index contributed by atoms with van der Waals surface area (Å²) in [6, 6.07) is 13.4. The summed E-state index contributed by atoms with van der Waals surface area (Å²) in [5.74, 6) is -3.16. The summed E-state index contributed by atoms with van der Waals surface area (Å²) >= 11 is 12.0. The molecule has 2 rings (SSSR count). The number of carbonyl (C=O) groups excluding carboxylic acids is 2. The number of halogens is 2. The Hall–Kier alpha value is -2.35. The van der Waals surface area contributed by atoms with Gasteiger partial charge < -0.3 is 5.32 Å². The van der Waals surface area contributed by atoms with Gasteiger partial charge in [-0.2, -0.15) is 5.26 Å². The van der Waals surface area contributed by atoms with E-state index in [0.717, 1.165) is 5.56 Å². The Balaban J connectivity index is 2.29. The molecule has 0 aromatic heterocycles. The van der Waals surface area contributed by atoms with Gasteiger partial charge in [0.2, 0.25) is 5.78 Å². The van der Waals surface area contributed by atoms with Crippen molar-refractivity contribution in [3.63, 3.8) is 0 Å². The summed E-state index contributed by atoms with van der Waals surface area (Å²) in [5.41, 5.74) is 1.45. The van der Waals surface area contributed by atoms with Crippen molar-refractivity contribution in [2.75, 3.05) is 5.32 Å². The molecule has 2 aromatic rings. The third kappa shape index (κ3) is 3.70. The maximum absolute atomic E-state index is 12.3. The van der Waals surface area contributed by atoms with E-state index in [1.807, 2.05) is 6.07 Å². The molecule has 0 unspecified atom stereocenters. The molecule has 6 heteroatoms. The smallest absolute Gasteiger partial charge is 0.293 e. The molecule has 0 bridgehead atoms. The van der Waals surface area contributed by atoms with Gasteiger partial charge in [-0.1, -0.05) is 47.5 Å². The van der Waals surface area contributed by atoms with Crippen molar-refractivity contribution < 1.29 is 9.59 Å². The number of nitriles is 1. The van der Waals surface area contributed by atoms with Crippen LogP contribution in [-0.2, 0) is 9.59 Å². The Kier molecular flexibility index (Phi) is 5.38. The number of hydrogen-bond acceptors (Lipinski definition) is 3. The van der Waals surface area contributed by atoms with Gasteiger partial charge in [0.15, 0.2) is 0 Å². The average Bonchev–Trinajstić information content (AvgIpc) is 2.52. The Morgan fingerprint density at radius 3 is 2.26 bits per heavy atom. The van der Waals surface area contributed by atoms with Crippen molar-refractivity contribution in [3.8, 4) is 6.07 Å². The number of ketones is 1. The normalized spacial score (nSPS) is 11.4. The molecule has 0 saturated carbocycles. The summed E-state index contributed by atoms with van der Waals surface area (Å²) in [6.07, 6.45) is 0. The van der Waals surface area contributed by atoms with E-state index >= 15 is 0 Å². The van der Waals surface area contributed by atoms with Gasteiger partial charge in [0.25, 0.3) is 5.91 Å². The van der Waals surface area contributed by atoms with Crippen molar-refractivity contribution >= 4 is 40.6 Å². The minimum Gasteiger partial charge on any atom is -0.319 e. The molecular weight excluding hydrogens is 335 g/mol. The third-order valence-electron chi connectivity index (χ3n) is 3.30. The third-order valence-corrected chi connectivity index (χ3v) is 3.96. The zero-order valence-corrected chi connectivity index (χ0v) is 13.7. The number of hydrogen-bond donors (Lipinski definition) is 1. The van der Waals surface area contributed by atoms with E-state index in [-0.39, 0.29) is 15.6 Å². The van der Waals surface area contributed by atoms with Gasteiger partial charge >= 0.3 is 0 Å². The maximum atomic E-state index is 12.3. The van der Waals surface area contributed by atoms with Crippen molar-refractivity contribution in [1.82, 2.24) is 0 Å². The molecule has 1 atom stereocenters. The van der Waals surface area contributed by atoms with Crippen LogP contribution < -0.4 is 5.32 Å². The molecule has 0 fully saturated rings. The number of para-hydroxylation sites is 1. The monoisotopic (exact) mass is 346 g/mol. The lowest BCUT2D eigenvalue weighted by Gasteiger charge is -2.13. The van der Waals surface area contributed by atoms with Gasteiger partial charge in [-0.15, -0.1) is 0 Å². The molecule has 0 radical (unpaired) electrons. The van der Waals surface area contributed by atoms with Crippen molar-refractivity contribution in [3.05, 3.63) is 63.6 Å². The first kappa shape index (κ1) is 17.0. The van der Waals surface area contributed by atoms with E-state index < -0.39 is 17.6 Å². The molecule has 0 saturated heterocycles. The predicted molar refractivity (Wildman–Crippen MR) is 89.6 cm³/mol. The molecule has 0 spiro atoms. The van der Waals surface area contributed by atoms with Crippen molar-refractivity contribution in [2.45, 2.75) is 12.8 Å². The van der Waals surface area contributed by atoms with Crippen LogP contribution in [0.3, 0.4) is 0 Å². The standard InChI is InChI=1S/C17H12Cl2N2O2/c1-10-5-2-3-8-14(10)21-17(23)16(22)11(9-20)15-12(18)6-4-7-13(15)19/h2-8,11H,1H3,(H,21,23)/t11-/m0/s1. The van der Waals surface area contributed by atoms with Crippen LogP contribution >= 0.6 is 23.2 Å². The van der Waals surface area contributed by atoms with E-state index in [1.165, 1.54) is 12.1 Å².